The Morgan fingerprint density at radius 1 is 0.788 bits per heavy atom. The number of imide groups is 1. The maximum absolute atomic E-state index is 13.1. The lowest BCUT2D eigenvalue weighted by molar-refractivity contribution is -0.121. The first-order chi connectivity index (χ1) is 15.8. The predicted octanol–water partition coefficient (Wildman–Crippen LogP) is 6.59. The summed E-state index contributed by atoms with van der Waals surface area (Å²) in [4.78, 5) is 27.2. The maximum atomic E-state index is 13.1. The fourth-order valence-corrected chi connectivity index (χ4v) is 5.58. The second-order valence-corrected chi connectivity index (χ2v) is 9.77. The van der Waals surface area contributed by atoms with Gasteiger partial charge in [-0.2, -0.15) is 0 Å². The summed E-state index contributed by atoms with van der Waals surface area (Å²) in [5, 5.41) is -0.363. The van der Waals surface area contributed by atoms with Crippen LogP contribution in [0.4, 0.5) is 5.69 Å². The van der Waals surface area contributed by atoms with Gasteiger partial charge in [0.05, 0.1) is 10.9 Å². The van der Waals surface area contributed by atoms with Crippen LogP contribution in [0.3, 0.4) is 0 Å². The van der Waals surface area contributed by atoms with Crippen molar-refractivity contribution in [2.75, 3.05) is 4.90 Å². The van der Waals surface area contributed by atoms with Gasteiger partial charge in [0, 0.05) is 12.2 Å². The summed E-state index contributed by atoms with van der Waals surface area (Å²) in [6, 6.07) is 16.6. The van der Waals surface area contributed by atoms with Crippen molar-refractivity contribution in [1.29, 1.82) is 0 Å². The first-order valence-corrected chi connectivity index (χ1v) is 12.2. The van der Waals surface area contributed by atoms with Crippen LogP contribution in [0.2, 0.25) is 0 Å². The Bertz CT molecular complexity index is 1170. The van der Waals surface area contributed by atoms with Crippen LogP contribution < -0.4 is 9.64 Å². The number of hydrogen-bond donors (Lipinski definition) is 0. The molecule has 1 heterocycles. The van der Waals surface area contributed by atoms with Crippen LogP contribution in [0.5, 0.6) is 11.5 Å². The van der Waals surface area contributed by atoms with E-state index >= 15 is 0 Å². The number of para-hydroxylation sites is 1. The van der Waals surface area contributed by atoms with Crippen LogP contribution >= 0.6 is 11.8 Å². The second-order valence-electron chi connectivity index (χ2n) is 8.58. The minimum absolute atomic E-state index is 0.141. The molecule has 1 saturated heterocycles. The third-order valence-corrected chi connectivity index (χ3v) is 7.99. The van der Waals surface area contributed by atoms with Gasteiger partial charge in [-0.05, 0) is 104 Å². The first kappa shape index (κ1) is 23.1. The number of thioether (sulfide) groups is 1. The Morgan fingerprint density at radius 2 is 1.33 bits per heavy atom. The molecular weight excluding hydrogens is 430 g/mol. The van der Waals surface area contributed by atoms with E-state index in [1.165, 1.54) is 38.3 Å². The highest BCUT2D eigenvalue weighted by molar-refractivity contribution is 7.99. The molecule has 3 aromatic carbocycles. The zero-order valence-corrected chi connectivity index (χ0v) is 20.6. The van der Waals surface area contributed by atoms with Crippen LogP contribution in [0.1, 0.15) is 39.8 Å². The molecule has 4 nitrogen and oxygen atoms in total. The number of anilines is 1. The summed E-state index contributed by atoms with van der Waals surface area (Å²) >= 11 is 1.57. The van der Waals surface area contributed by atoms with Crippen LogP contribution in [0, 0.1) is 34.6 Å². The molecule has 5 heteroatoms. The molecule has 1 aliphatic rings. The lowest BCUT2D eigenvalue weighted by Gasteiger charge is -2.19. The maximum Gasteiger partial charge on any atom is 0.247 e. The van der Waals surface area contributed by atoms with Crippen molar-refractivity contribution < 1.29 is 14.3 Å². The van der Waals surface area contributed by atoms with Gasteiger partial charge in [-0.15, -0.1) is 11.8 Å². The molecule has 1 aliphatic heterocycles. The molecule has 2 amide bonds. The topological polar surface area (TPSA) is 46.6 Å². The first-order valence-electron chi connectivity index (χ1n) is 11.1. The minimum Gasteiger partial charge on any atom is -0.457 e. The summed E-state index contributed by atoms with van der Waals surface area (Å²) in [5.74, 6) is 1.82. The normalized spacial score (nSPS) is 15.9. The number of ether oxygens (including phenoxy) is 1. The van der Waals surface area contributed by atoms with Crippen molar-refractivity contribution in [2.45, 2.75) is 52.0 Å². The van der Waals surface area contributed by atoms with Gasteiger partial charge >= 0.3 is 0 Å². The van der Waals surface area contributed by atoms with Gasteiger partial charge in [0.2, 0.25) is 11.8 Å². The predicted molar refractivity (Wildman–Crippen MR) is 135 cm³/mol. The Labute approximate surface area is 200 Å². The molecule has 33 heavy (non-hydrogen) atoms. The standard InChI is InChI=1S/C28H29NO3S/c1-17-18(2)20(4)25(21(5)19(17)3)16-33-26-15-27(30)29(28(26)31)22-11-13-24(14-12-22)32-23-9-7-6-8-10-23/h6-14,26H,15-16H2,1-5H3. The molecule has 0 spiro atoms. The van der Waals surface area contributed by atoms with Crippen molar-refractivity contribution in [2.24, 2.45) is 0 Å². The van der Waals surface area contributed by atoms with Crippen LogP contribution in [-0.2, 0) is 15.3 Å². The summed E-state index contributed by atoms with van der Waals surface area (Å²) in [6.45, 7) is 10.8. The average Bonchev–Trinajstić information content (AvgIpc) is 3.10. The third kappa shape index (κ3) is 4.55. The van der Waals surface area contributed by atoms with Crippen molar-refractivity contribution in [3.05, 3.63) is 88.0 Å². The number of hydrogen-bond acceptors (Lipinski definition) is 4. The fraction of sp³-hybridized carbons (Fsp3) is 0.286. The summed E-state index contributed by atoms with van der Waals surface area (Å²) in [5.41, 5.74) is 8.38. The van der Waals surface area contributed by atoms with Gasteiger partial charge in [0.1, 0.15) is 11.5 Å². The fourth-order valence-electron chi connectivity index (χ4n) is 4.27. The number of carbonyl (C=O) groups excluding carboxylic acids is 2. The summed E-state index contributed by atoms with van der Waals surface area (Å²) in [7, 11) is 0. The van der Waals surface area contributed by atoms with Crippen LogP contribution in [0.25, 0.3) is 0 Å². The molecule has 170 valence electrons. The molecule has 0 bridgehead atoms. The van der Waals surface area contributed by atoms with Gasteiger partial charge in [0.15, 0.2) is 0 Å². The molecule has 1 fully saturated rings. The molecule has 0 aliphatic carbocycles. The zero-order valence-electron chi connectivity index (χ0n) is 19.8. The summed E-state index contributed by atoms with van der Waals surface area (Å²) in [6.07, 6.45) is 0.230. The number of carbonyl (C=O) groups is 2. The zero-order chi connectivity index (χ0) is 23.7. The third-order valence-electron chi connectivity index (χ3n) is 6.76. The molecule has 0 radical (unpaired) electrons. The quantitative estimate of drug-likeness (QED) is 0.390. The van der Waals surface area contributed by atoms with Gasteiger partial charge in [0.25, 0.3) is 0 Å². The van der Waals surface area contributed by atoms with Gasteiger partial charge < -0.3 is 4.74 Å². The van der Waals surface area contributed by atoms with E-state index in [0.717, 1.165) is 11.5 Å². The van der Waals surface area contributed by atoms with E-state index < -0.39 is 0 Å². The minimum atomic E-state index is -0.363. The molecule has 0 aromatic heterocycles. The Morgan fingerprint density at radius 3 is 1.94 bits per heavy atom. The second kappa shape index (κ2) is 9.44. The largest absolute Gasteiger partial charge is 0.457 e. The molecule has 1 unspecified atom stereocenters. The molecule has 4 rings (SSSR count). The highest BCUT2D eigenvalue weighted by Crippen LogP contribution is 2.35. The molecule has 0 saturated carbocycles. The van der Waals surface area contributed by atoms with E-state index in [2.05, 4.69) is 34.6 Å². The molecular formula is C28H29NO3S. The van der Waals surface area contributed by atoms with Crippen LogP contribution in [-0.4, -0.2) is 17.1 Å². The van der Waals surface area contributed by atoms with E-state index in [9.17, 15) is 9.59 Å². The number of benzene rings is 3. The van der Waals surface area contributed by atoms with E-state index in [-0.39, 0.29) is 23.5 Å². The highest BCUT2D eigenvalue weighted by Gasteiger charge is 2.39. The van der Waals surface area contributed by atoms with Crippen molar-refractivity contribution in [3.63, 3.8) is 0 Å². The number of nitrogens with zero attached hydrogens (tertiary/aromatic N) is 1. The van der Waals surface area contributed by atoms with Crippen molar-refractivity contribution >= 4 is 29.3 Å². The monoisotopic (exact) mass is 459 g/mol. The van der Waals surface area contributed by atoms with E-state index in [1.807, 2.05) is 30.3 Å². The van der Waals surface area contributed by atoms with Crippen molar-refractivity contribution in [1.82, 2.24) is 0 Å². The smallest absolute Gasteiger partial charge is 0.247 e. The molecule has 3 aromatic rings. The lowest BCUT2D eigenvalue weighted by Crippen LogP contribution is -2.31. The number of amides is 2. The molecule has 1 atom stereocenters. The average molecular weight is 460 g/mol. The lowest BCUT2D eigenvalue weighted by atomic mass is 9.90. The van der Waals surface area contributed by atoms with E-state index in [0.29, 0.717) is 11.4 Å². The highest BCUT2D eigenvalue weighted by atomic mass is 32.2. The Kier molecular flexibility index (Phi) is 6.61. The molecule has 0 N–H and O–H groups in total. The Hall–Kier alpha value is -3.05. The van der Waals surface area contributed by atoms with Crippen LogP contribution in [0.15, 0.2) is 54.6 Å². The van der Waals surface area contributed by atoms with Gasteiger partial charge in [-0.1, -0.05) is 18.2 Å². The Balaban J connectivity index is 1.46. The van der Waals surface area contributed by atoms with Gasteiger partial charge in [-0.3, -0.25) is 9.59 Å². The SMILES string of the molecule is Cc1c(C)c(C)c(CSC2CC(=O)N(c3ccc(Oc4ccccc4)cc3)C2=O)c(C)c1C. The van der Waals surface area contributed by atoms with E-state index in [1.54, 1.807) is 36.0 Å². The van der Waals surface area contributed by atoms with Gasteiger partial charge in [-0.25, -0.2) is 4.90 Å². The summed E-state index contributed by atoms with van der Waals surface area (Å²) < 4.78 is 5.82. The number of rotatable bonds is 6. The van der Waals surface area contributed by atoms with Crippen molar-refractivity contribution in [3.8, 4) is 11.5 Å². The van der Waals surface area contributed by atoms with E-state index in [4.69, 9.17) is 4.74 Å².